The van der Waals surface area contributed by atoms with Crippen LogP contribution in [0.1, 0.15) is 52.5 Å². The lowest BCUT2D eigenvalue weighted by molar-refractivity contribution is -0.130. The first-order valence-electron chi connectivity index (χ1n) is 12.7. The zero-order chi connectivity index (χ0) is 27.9. The van der Waals surface area contributed by atoms with Crippen molar-refractivity contribution in [3.8, 4) is 5.88 Å². The van der Waals surface area contributed by atoms with Crippen molar-refractivity contribution in [2.45, 2.75) is 38.8 Å². The molecule has 14 heteroatoms. The van der Waals surface area contributed by atoms with Crippen LogP contribution < -0.4 is 20.7 Å². The molecule has 0 bridgehead atoms. The van der Waals surface area contributed by atoms with Crippen LogP contribution in [0.5, 0.6) is 5.88 Å². The second-order valence-electron chi connectivity index (χ2n) is 9.43. The number of nitrogens with zero attached hydrogens (tertiary/aromatic N) is 3. The van der Waals surface area contributed by atoms with E-state index in [4.69, 9.17) is 4.74 Å². The summed E-state index contributed by atoms with van der Waals surface area (Å²) >= 11 is 0.764. The molecule has 2 aromatic rings. The normalized spacial score (nSPS) is 15.5. The van der Waals surface area contributed by atoms with Gasteiger partial charge in [0.1, 0.15) is 17.4 Å². The predicted molar refractivity (Wildman–Crippen MR) is 141 cm³/mol. The first kappa shape index (κ1) is 28.2. The molecule has 4 rings (SSSR count). The Hall–Kier alpha value is -3.78. The van der Waals surface area contributed by atoms with Gasteiger partial charge in [0.15, 0.2) is 5.56 Å². The molecule has 39 heavy (non-hydrogen) atoms. The molecule has 1 aromatic carbocycles. The lowest BCUT2D eigenvalue weighted by Crippen LogP contribution is -2.48. The maximum absolute atomic E-state index is 14.1. The van der Waals surface area contributed by atoms with Crippen LogP contribution >= 0.6 is 11.5 Å². The number of halogens is 1. The highest BCUT2D eigenvalue weighted by molar-refractivity contribution is 7.11. The van der Waals surface area contributed by atoms with E-state index < -0.39 is 23.7 Å². The highest BCUT2D eigenvalue weighted by Gasteiger charge is 2.26. The zero-order valence-corrected chi connectivity index (χ0v) is 22.3. The minimum absolute atomic E-state index is 0.0129. The Morgan fingerprint density at radius 3 is 2.59 bits per heavy atom. The van der Waals surface area contributed by atoms with Crippen molar-refractivity contribution in [1.82, 2.24) is 24.8 Å². The first-order chi connectivity index (χ1) is 18.7. The number of aromatic nitrogens is 1. The van der Waals surface area contributed by atoms with Crippen molar-refractivity contribution >= 4 is 40.3 Å². The van der Waals surface area contributed by atoms with Gasteiger partial charge < -0.3 is 25.4 Å². The van der Waals surface area contributed by atoms with Crippen molar-refractivity contribution in [3.05, 3.63) is 40.7 Å². The molecule has 2 heterocycles. The van der Waals surface area contributed by atoms with Gasteiger partial charge in [-0.05, 0) is 55.0 Å². The van der Waals surface area contributed by atoms with Crippen LogP contribution in [-0.2, 0) is 11.4 Å². The van der Waals surface area contributed by atoms with E-state index in [9.17, 15) is 28.7 Å². The molecule has 1 aliphatic heterocycles. The monoisotopic (exact) mass is 562 g/mol. The van der Waals surface area contributed by atoms with Gasteiger partial charge in [-0.25, -0.2) is 14.0 Å². The summed E-state index contributed by atoms with van der Waals surface area (Å²) in [6, 6.07) is 3.45. The van der Waals surface area contributed by atoms with Crippen LogP contribution in [0, 0.1) is 5.82 Å². The average molecular weight is 563 g/mol. The van der Waals surface area contributed by atoms with Crippen molar-refractivity contribution < 1.29 is 33.4 Å². The Morgan fingerprint density at radius 1 is 1.18 bits per heavy atom. The van der Waals surface area contributed by atoms with E-state index in [0.717, 1.165) is 50.1 Å². The second kappa shape index (κ2) is 12.8. The molecule has 2 fully saturated rings. The maximum Gasteiger partial charge on any atom is 0.344 e. The number of hydrogen-bond acceptors (Lipinski definition) is 8. The molecule has 1 saturated heterocycles. The lowest BCUT2D eigenvalue weighted by atomic mass is 10.1. The summed E-state index contributed by atoms with van der Waals surface area (Å²) in [4.78, 5) is 51.9. The van der Waals surface area contributed by atoms with Gasteiger partial charge in [0, 0.05) is 45.7 Å². The molecule has 0 radical (unpaired) electrons. The van der Waals surface area contributed by atoms with Gasteiger partial charge in [-0.3, -0.25) is 19.8 Å². The molecule has 0 unspecified atom stereocenters. The van der Waals surface area contributed by atoms with Crippen molar-refractivity contribution in [1.29, 1.82) is 0 Å². The Labute approximate surface area is 228 Å². The van der Waals surface area contributed by atoms with Crippen LogP contribution in [0.3, 0.4) is 0 Å². The van der Waals surface area contributed by atoms with E-state index in [-0.39, 0.29) is 40.6 Å². The molecule has 12 nitrogen and oxygen atoms in total. The summed E-state index contributed by atoms with van der Waals surface area (Å²) in [7, 11) is 0. The maximum atomic E-state index is 14.1. The molecule has 2 aliphatic rings. The van der Waals surface area contributed by atoms with Gasteiger partial charge in [-0.15, -0.1) is 0 Å². The fourth-order valence-corrected chi connectivity index (χ4v) is 4.79. The summed E-state index contributed by atoms with van der Waals surface area (Å²) in [6.07, 6.45) is 2.43. The minimum Gasteiger partial charge on any atom is -0.477 e. The van der Waals surface area contributed by atoms with Crippen LogP contribution in [0.25, 0.3) is 0 Å². The minimum atomic E-state index is -1.33. The molecule has 1 aromatic heterocycles. The molecule has 1 aliphatic carbocycles. The van der Waals surface area contributed by atoms with Crippen LogP contribution in [0.4, 0.5) is 14.2 Å². The second-order valence-corrected chi connectivity index (χ2v) is 10.2. The number of amides is 4. The number of carbonyl (C=O) groups is 4. The van der Waals surface area contributed by atoms with Gasteiger partial charge in [-0.2, -0.15) is 4.37 Å². The summed E-state index contributed by atoms with van der Waals surface area (Å²) in [5.74, 6) is -2.62. The number of urea groups is 1. The number of benzene rings is 1. The first-order valence-corrected chi connectivity index (χ1v) is 13.5. The van der Waals surface area contributed by atoms with E-state index in [1.165, 1.54) is 12.1 Å². The van der Waals surface area contributed by atoms with Crippen LogP contribution in [0.2, 0.25) is 0 Å². The largest absolute Gasteiger partial charge is 0.477 e. The van der Waals surface area contributed by atoms with Gasteiger partial charge >= 0.3 is 12.0 Å². The SMILES string of the molecule is CC(=O)N1CCN(CCCNC(=O)Nc2snc(OCc3ccc(F)c(C(=O)NC4CC4)c3)c2C(=O)O)CC1. The number of nitrogens with one attached hydrogen (secondary N) is 3. The van der Waals surface area contributed by atoms with Gasteiger partial charge in [-0.1, -0.05) is 6.07 Å². The van der Waals surface area contributed by atoms with Crippen molar-refractivity contribution in [3.63, 3.8) is 0 Å². The van der Waals surface area contributed by atoms with E-state index in [0.29, 0.717) is 31.6 Å². The fourth-order valence-electron chi connectivity index (χ4n) is 4.06. The zero-order valence-electron chi connectivity index (χ0n) is 21.5. The summed E-state index contributed by atoms with van der Waals surface area (Å²) in [5, 5.41) is 17.6. The third-order valence-corrected chi connectivity index (χ3v) is 7.17. The highest BCUT2D eigenvalue weighted by atomic mass is 32.1. The fraction of sp³-hybridized carbons (Fsp3) is 0.480. The van der Waals surface area contributed by atoms with Gasteiger partial charge in [0.05, 0.1) is 5.56 Å². The molecule has 210 valence electrons. The number of piperazine rings is 1. The number of carbonyl (C=O) groups excluding carboxylic acids is 3. The quantitative estimate of drug-likeness (QED) is 0.304. The van der Waals surface area contributed by atoms with Crippen molar-refractivity contribution in [2.24, 2.45) is 0 Å². The van der Waals surface area contributed by atoms with E-state index >= 15 is 0 Å². The Kier molecular flexibility index (Phi) is 9.30. The topological polar surface area (TPSA) is 153 Å². The number of carboxylic acids is 1. The molecule has 4 N–H and O–H groups in total. The number of ether oxygens (including phenoxy) is 1. The third-order valence-electron chi connectivity index (χ3n) is 6.42. The summed E-state index contributed by atoms with van der Waals surface area (Å²) in [5.41, 5.74) is 0.0426. The van der Waals surface area contributed by atoms with E-state index in [2.05, 4.69) is 25.2 Å². The predicted octanol–water partition coefficient (Wildman–Crippen LogP) is 2.13. The highest BCUT2D eigenvalue weighted by Crippen LogP contribution is 2.31. The number of carboxylic acid groups (broad SMARTS) is 1. The van der Waals surface area contributed by atoms with Crippen LogP contribution in [-0.4, -0.2) is 88.4 Å². The van der Waals surface area contributed by atoms with Crippen molar-refractivity contribution in [2.75, 3.05) is 44.6 Å². The molecule has 0 atom stereocenters. The van der Waals surface area contributed by atoms with E-state index in [1.54, 1.807) is 11.8 Å². The molecular formula is C25H31FN6O6S. The molecule has 1 saturated carbocycles. The van der Waals surface area contributed by atoms with Gasteiger partial charge in [0.25, 0.3) is 5.91 Å². The average Bonchev–Trinajstić information content (AvgIpc) is 3.63. The Bertz CT molecular complexity index is 1230. The number of rotatable bonds is 11. The number of aromatic carboxylic acids is 1. The van der Waals surface area contributed by atoms with Gasteiger partial charge in [0.2, 0.25) is 11.8 Å². The number of anilines is 1. The molecule has 4 amide bonds. The lowest BCUT2D eigenvalue weighted by Gasteiger charge is -2.34. The van der Waals surface area contributed by atoms with E-state index in [1.807, 2.05) is 0 Å². The third kappa shape index (κ3) is 7.86. The van der Waals surface area contributed by atoms with Crippen LogP contribution in [0.15, 0.2) is 18.2 Å². The molecule has 0 spiro atoms. The summed E-state index contributed by atoms with van der Waals surface area (Å²) in [6.45, 7) is 5.49. The Balaban J connectivity index is 1.26. The smallest absolute Gasteiger partial charge is 0.344 e. The number of hydrogen-bond donors (Lipinski definition) is 4. The standard InChI is InChI=1S/C25H31FN6O6S/c1-15(33)32-11-9-31(10-12-32)8-2-7-27-25(37)29-23-20(24(35)36)22(30-39-23)38-14-16-3-6-19(26)18(13-16)21(34)28-17-4-5-17/h3,6,13,17H,2,4-5,7-12,14H2,1H3,(H,28,34)(H,35,36)(H2,27,29,37). The molecular weight excluding hydrogens is 531 g/mol. The summed E-state index contributed by atoms with van der Waals surface area (Å²) < 4.78 is 23.7. The Morgan fingerprint density at radius 2 is 1.92 bits per heavy atom.